The average Bonchev–Trinajstić information content (AvgIpc) is 2.93. The van der Waals surface area contributed by atoms with E-state index >= 15 is 0 Å². The van der Waals surface area contributed by atoms with Gasteiger partial charge in [0, 0.05) is 19.5 Å². The van der Waals surface area contributed by atoms with Gasteiger partial charge >= 0.3 is 11.7 Å². The Hall–Kier alpha value is -3.61. The molecule has 39 heavy (non-hydrogen) atoms. The zero-order valence-electron chi connectivity index (χ0n) is 23.6. The average molecular weight is 542 g/mol. The lowest BCUT2D eigenvalue weighted by Crippen LogP contribution is -2.43. The third kappa shape index (κ3) is 11.3. The largest absolute Gasteiger partial charge is 0.487 e. The monoisotopic (exact) mass is 541 g/mol. The van der Waals surface area contributed by atoms with E-state index < -0.39 is 11.2 Å². The summed E-state index contributed by atoms with van der Waals surface area (Å²) < 4.78 is 13.5. The summed E-state index contributed by atoms with van der Waals surface area (Å²) in [5, 5.41) is 16.3. The number of rotatable bonds is 19. The molecule has 0 bridgehead atoms. The highest BCUT2D eigenvalue weighted by atomic mass is 16.6. The van der Waals surface area contributed by atoms with Crippen molar-refractivity contribution in [2.24, 2.45) is 0 Å². The van der Waals surface area contributed by atoms with Gasteiger partial charge in [0.05, 0.1) is 19.0 Å². The van der Waals surface area contributed by atoms with Gasteiger partial charge in [-0.05, 0) is 50.3 Å². The van der Waals surface area contributed by atoms with Crippen LogP contribution in [0, 0.1) is 11.3 Å². The number of nitrogens with zero attached hydrogens (tertiary/aromatic N) is 4. The Morgan fingerprint density at radius 1 is 1.10 bits per heavy atom. The van der Waals surface area contributed by atoms with Crippen LogP contribution in [0.4, 0.5) is 5.82 Å². The van der Waals surface area contributed by atoms with E-state index in [4.69, 9.17) is 14.7 Å². The maximum absolute atomic E-state index is 13.0. The molecular formula is C29H43N5O5. The van der Waals surface area contributed by atoms with Crippen LogP contribution < -0.4 is 21.3 Å². The lowest BCUT2D eigenvalue weighted by molar-refractivity contribution is -0.145. The van der Waals surface area contributed by atoms with Gasteiger partial charge in [-0.2, -0.15) is 5.26 Å². The van der Waals surface area contributed by atoms with Gasteiger partial charge in [-0.25, -0.2) is 9.48 Å². The second kappa shape index (κ2) is 17.8. The Morgan fingerprint density at radius 3 is 2.64 bits per heavy atom. The number of anilines is 1. The highest BCUT2D eigenvalue weighted by Crippen LogP contribution is 2.17. The number of hydrogen-bond acceptors (Lipinski definition) is 8. The first-order chi connectivity index (χ1) is 18.9. The van der Waals surface area contributed by atoms with Crippen LogP contribution in [-0.4, -0.2) is 39.6 Å². The van der Waals surface area contributed by atoms with Gasteiger partial charge in [0.1, 0.15) is 18.5 Å². The van der Waals surface area contributed by atoms with Crippen molar-refractivity contribution in [2.75, 3.05) is 18.5 Å². The molecule has 0 aliphatic heterocycles. The van der Waals surface area contributed by atoms with Crippen LogP contribution in [0.1, 0.15) is 84.1 Å². The second-order valence-corrected chi connectivity index (χ2v) is 9.63. The van der Waals surface area contributed by atoms with E-state index in [9.17, 15) is 14.4 Å². The number of aromatic nitrogens is 3. The molecule has 1 unspecified atom stereocenters. The highest BCUT2D eigenvalue weighted by molar-refractivity contribution is 5.68. The van der Waals surface area contributed by atoms with Crippen LogP contribution >= 0.6 is 0 Å². The molecule has 1 aromatic heterocycles. The SMILES string of the molecule is CCCCCCCn1c(=O)c(NCCCCc2cccc(OC(C)COC(=O)CC)c2)nn(CCC#N)c1=O. The Kier molecular flexibility index (Phi) is 14.4. The molecule has 2 aromatic rings. The molecule has 10 heteroatoms. The van der Waals surface area contributed by atoms with E-state index in [1.54, 1.807) is 6.92 Å². The minimum Gasteiger partial charge on any atom is -0.487 e. The number of carbonyl (C=O) groups is 1. The topological polar surface area (TPSA) is 128 Å². The number of nitriles is 1. The quantitative estimate of drug-likeness (QED) is 0.204. The number of unbranched alkanes of at least 4 members (excludes halogenated alkanes) is 5. The minimum atomic E-state index is -0.462. The van der Waals surface area contributed by atoms with Crippen LogP contribution in [0.5, 0.6) is 5.75 Å². The Morgan fingerprint density at radius 2 is 1.90 bits per heavy atom. The molecule has 1 aromatic carbocycles. The smallest absolute Gasteiger partial charge is 0.347 e. The summed E-state index contributed by atoms with van der Waals surface area (Å²) in [4.78, 5) is 37.1. The maximum Gasteiger partial charge on any atom is 0.347 e. The summed E-state index contributed by atoms with van der Waals surface area (Å²) in [7, 11) is 0. The van der Waals surface area contributed by atoms with Crippen molar-refractivity contribution in [3.8, 4) is 11.8 Å². The van der Waals surface area contributed by atoms with Crippen molar-refractivity contribution >= 4 is 11.8 Å². The van der Waals surface area contributed by atoms with E-state index in [0.29, 0.717) is 19.5 Å². The molecule has 1 heterocycles. The zero-order valence-corrected chi connectivity index (χ0v) is 23.6. The number of aryl methyl sites for hydroxylation is 2. The second-order valence-electron chi connectivity index (χ2n) is 9.63. The minimum absolute atomic E-state index is 0.145. The lowest BCUT2D eigenvalue weighted by atomic mass is 10.1. The van der Waals surface area contributed by atoms with Crippen LogP contribution in [-0.2, 0) is 29.0 Å². The van der Waals surface area contributed by atoms with E-state index in [1.807, 2.05) is 37.3 Å². The van der Waals surface area contributed by atoms with Crippen molar-refractivity contribution in [2.45, 2.75) is 104 Å². The molecule has 0 aliphatic carbocycles. The van der Waals surface area contributed by atoms with Gasteiger partial charge in [0.25, 0.3) is 5.56 Å². The lowest BCUT2D eigenvalue weighted by Gasteiger charge is -2.15. The van der Waals surface area contributed by atoms with E-state index in [1.165, 1.54) is 9.25 Å². The molecule has 1 N–H and O–H groups in total. The Bertz CT molecular complexity index is 1180. The molecule has 0 saturated heterocycles. The molecule has 214 valence electrons. The normalized spacial score (nSPS) is 11.5. The van der Waals surface area contributed by atoms with E-state index in [0.717, 1.165) is 62.7 Å². The van der Waals surface area contributed by atoms with Crippen molar-refractivity contribution in [1.29, 1.82) is 5.26 Å². The predicted molar refractivity (Wildman–Crippen MR) is 151 cm³/mol. The van der Waals surface area contributed by atoms with E-state index in [-0.39, 0.29) is 37.5 Å². The molecule has 0 amide bonds. The van der Waals surface area contributed by atoms with Gasteiger partial charge in [0.2, 0.25) is 5.82 Å². The third-order valence-corrected chi connectivity index (χ3v) is 6.23. The van der Waals surface area contributed by atoms with Gasteiger partial charge in [-0.3, -0.25) is 14.2 Å². The molecular weight excluding hydrogens is 498 g/mol. The fraction of sp³-hybridized carbons (Fsp3) is 0.621. The van der Waals surface area contributed by atoms with Crippen LogP contribution in [0.2, 0.25) is 0 Å². The zero-order chi connectivity index (χ0) is 28.5. The number of hydrogen-bond donors (Lipinski definition) is 1. The third-order valence-electron chi connectivity index (χ3n) is 6.23. The number of ether oxygens (including phenoxy) is 2. The molecule has 2 rings (SSSR count). The van der Waals surface area contributed by atoms with Crippen molar-refractivity contribution in [3.63, 3.8) is 0 Å². The fourth-order valence-electron chi connectivity index (χ4n) is 4.06. The van der Waals surface area contributed by atoms with Gasteiger partial charge in [0.15, 0.2) is 0 Å². The maximum atomic E-state index is 13.0. The molecule has 0 saturated carbocycles. The first kappa shape index (κ1) is 31.6. The van der Waals surface area contributed by atoms with E-state index in [2.05, 4.69) is 17.3 Å². The highest BCUT2D eigenvalue weighted by Gasteiger charge is 2.13. The Labute approximate surface area is 230 Å². The first-order valence-electron chi connectivity index (χ1n) is 14.1. The molecule has 0 aliphatic rings. The Balaban J connectivity index is 1.91. The van der Waals surface area contributed by atoms with Gasteiger partial charge < -0.3 is 14.8 Å². The van der Waals surface area contributed by atoms with Crippen molar-refractivity contribution in [1.82, 2.24) is 14.3 Å². The summed E-state index contributed by atoms with van der Waals surface area (Å²) >= 11 is 0. The predicted octanol–water partition coefficient (Wildman–Crippen LogP) is 4.44. The number of nitrogens with one attached hydrogen (secondary N) is 1. The summed E-state index contributed by atoms with van der Waals surface area (Å²) in [6.45, 7) is 7.00. The van der Waals surface area contributed by atoms with Crippen LogP contribution in [0.3, 0.4) is 0 Å². The van der Waals surface area contributed by atoms with Crippen LogP contribution in [0.25, 0.3) is 0 Å². The summed E-state index contributed by atoms with van der Waals surface area (Å²) in [6, 6.07) is 9.87. The summed E-state index contributed by atoms with van der Waals surface area (Å²) in [6.07, 6.45) is 7.79. The number of esters is 1. The van der Waals surface area contributed by atoms with Crippen molar-refractivity contribution < 1.29 is 14.3 Å². The van der Waals surface area contributed by atoms with Crippen molar-refractivity contribution in [3.05, 3.63) is 50.7 Å². The number of carbonyl (C=O) groups excluding carboxylic acids is 1. The van der Waals surface area contributed by atoms with Gasteiger partial charge in [-0.15, -0.1) is 5.10 Å². The standard InChI is InChI=1S/C29H43N5O5/c1-4-6-7-8-11-19-33-28(36)27(32-34(29(33)37)20-13-17-30)31-18-10-9-14-24-15-12-16-25(21-24)39-23(3)22-38-26(35)5-2/h12,15-16,21,23H,4-11,13-14,18-20,22H2,1-3H3,(H,31,32). The fourth-order valence-corrected chi connectivity index (χ4v) is 4.06. The molecule has 0 spiro atoms. The van der Waals surface area contributed by atoms with Crippen LogP contribution in [0.15, 0.2) is 33.9 Å². The molecule has 0 fully saturated rings. The summed E-state index contributed by atoms with van der Waals surface area (Å²) in [5.41, 5.74) is 0.252. The summed E-state index contributed by atoms with van der Waals surface area (Å²) in [5.74, 6) is 0.629. The molecule has 0 radical (unpaired) electrons. The molecule has 1 atom stereocenters. The molecule has 10 nitrogen and oxygen atoms in total. The first-order valence-corrected chi connectivity index (χ1v) is 14.1. The number of benzene rings is 1. The van der Waals surface area contributed by atoms with Gasteiger partial charge in [-0.1, -0.05) is 51.7 Å².